The highest BCUT2D eigenvalue weighted by atomic mass is 79.9. The van der Waals surface area contributed by atoms with Crippen molar-refractivity contribution in [2.45, 2.75) is 37.5 Å². The lowest BCUT2D eigenvalue weighted by atomic mass is 10.2. The van der Waals surface area contributed by atoms with Gasteiger partial charge in [0.1, 0.15) is 0 Å². The predicted molar refractivity (Wildman–Crippen MR) is 78.3 cm³/mol. The monoisotopic (exact) mass is 348 g/mol. The summed E-state index contributed by atoms with van der Waals surface area (Å²) in [6.45, 7) is 2.07. The fourth-order valence-electron chi connectivity index (χ4n) is 1.57. The Balaban J connectivity index is 2.72. The Morgan fingerprint density at radius 1 is 1.37 bits per heavy atom. The lowest BCUT2D eigenvalue weighted by molar-refractivity contribution is -0.116. The highest BCUT2D eigenvalue weighted by molar-refractivity contribution is 9.10. The summed E-state index contributed by atoms with van der Waals surface area (Å²) in [6.07, 6.45) is 3.38. The molecule has 106 valence electrons. The van der Waals surface area contributed by atoms with E-state index in [2.05, 4.69) is 28.2 Å². The van der Waals surface area contributed by atoms with Gasteiger partial charge in [0.25, 0.3) is 0 Å². The summed E-state index contributed by atoms with van der Waals surface area (Å²) in [7, 11) is -3.76. The molecule has 0 spiro atoms. The second-order valence-electron chi connectivity index (χ2n) is 4.20. The van der Waals surface area contributed by atoms with Crippen molar-refractivity contribution in [3.63, 3.8) is 0 Å². The number of unbranched alkanes of at least 4 members (excludes halogenated alkanes) is 2. The molecule has 5 nitrogen and oxygen atoms in total. The summed E-state index contributed by atoms with van der Waals surface area (Å²) in [5, 5.41) is 7.76. The van der Waals surface area contributed by atoms with Gasteiger partial charge >= 0.3 is 0 Å². The van der Waals surface area contributed by atoms with Crippen molar-refractivity contribution in [3.8, 4) is 0 Å². The molecule has 0 fully saturated rings. The predicted octanol–water partition coefficient (Wildman–Crippen LogP) is 2.62. The maximum Gasteiger partial charge on any atom is 0.239 e. The molecule has 0 atom stereocenters. The molecule has 1 amide bonds. The molecular weight excluding hydrogens is 332 g/mol. The number of nitrogens with one attached hydrogen (secondary N) is 1. The summed E-state index contributed by atoms with van der Waals surface area (Å²) in [6, 6.07) is 4.40. The number of rotatable bonds is 6. The van der Waals surface area contributed by atoms with Crippen molar-refractivity contribution >= 4 is 37.5 Å². The summed E-state index contributed by atoms with van der Waals surface area (Å²) in [5.74, 6) is -0.0799. The molecule has 0 bridgehead atoms. The highest BCUT2D eigenvalue weighted by Crippen LogP contribution is 2.24. The van der Waals surface area contributed by atoms with Crippen molar-refractivity contribution < 1.29 is 13.2 Å². The Bertz CT molecular complexity index is 558. The van der Waals surface area contributed by atoms with E-state index in [1.807, 2.05) is 0 Å². The number of carbonyl (C=O) groups excluding carboxylic acids is 1. The van der Waals surface area contributed by atoms with Gasteiger partial charge in [-0.3, -0.25) is 4.79 Å². The molecule has 1 aromatic rings. The lowest BCUT2D eigenvalue weighted by Crippen LogP contribution is -2.14. The minimum absolute atomic E-state index is 0.00326. The number of nitrogens with two attached hydrogens (primary N) is 1. The number of primary sulfonamides is 1. The molecule has 1 aromatic carbocycles. The fraction of sp³-hybridized carbons (Fsp3) is 0.417. The van der Waals surface area contributed by atoms with Gasteiger partial charge in [-0.2, -0.15) is 0 Å². The van der Waals surface area contributed by atoms with Gasteiger partial charge < -0.3 is 5.32 Å². The molecule has 0 aliphatic carbocycles. The molecule has 3 N–H and O–H groups in total. The first-order valence-corrected chi connectivity index (χ1v) is 8.30. The van der Waals surface area contributed by atoms with Crippen LogP contribution in [-0.4, -0.2) is 14.3 Å². The van der Waals surface area contributed by atoms with E-state index in [-0.39, 0.29) is 10.8 Å². The van der Waals surface area contributed by atoms with E-state index in [0.29, 0.717) is 16.6 Å². The minimum Gasteiger partial charge on any atom is -0.326 e. The van der Waals surface area contributed by atoms with Gasteiger partial charge in [0, 0.05) is 16.6 Å². The first kappa shape index (κ1) is 16.1. The van der Waals surface area contributed by atoms with Crippen LogP contribution in [0.1, 0.15) is 32.6 Å². The number of anilines is 1. The summed E-state index contributed by atoms with van der Waals surface area (Å²) >= 11 is 3.13. The third-order valence-corrected chi connectivity index (χ3v) is 4.42. The summed E-state index contributed by atoms with van der Waals surface area (Å²) < 4.78 is 22.8. The first-order valence-electron chi connectivity index (χ1n) is 5.96. The van der Waals surface area contributed by atoms with Crippen LogP contribution in [0.3, 0.4) is 0 Å². The molecule has 0 saturated heterocycles. The van der Waals surface area contributed by atoms with Gasteiger partial charge in [0.2, 0.25) is 15.9 Å². The van der Waals surface area contributed by atoms with Crippen molar-refractivity contribution in [2.24, 2.45) is 5.14 Å². The van der Waals surface area contributed by atoms with E-state index >= 15 is 0 Å². The van der Waals surface area contributed by atoms with E-state index in [1.165, 1.54) is 18.2 Å². The van der Waals surface area contributed by atoms with Crippen molar-refractivity contribution in [1.82, 2.24) is 0 Å². The molecule has 0 aliphatic rings. The zero-order valence-electron chi connectivity index (χ0n) is 10.6. The van der Waals surface area contributed by atoms with Gasteiger partial charge in [-0.05, 0) is 40.5 Å². The molecule has 7 heteroatoms. The Hall–Kier alpha value is -0.920. The summed E-state index contributed by atoms with van der Waals surface area (Å²) in [5.41, 5.74) is 0.542. The maximum absolute atomic E-state index is 11.6. The van der Waals surface area contributed by atoms with Crippen LogP contribution < -0.4 is 10.5 Å². The molecule has 0 aliphatic heterocycles. The van der Waals surface area contributed by atoms with E-state index < -0.39 is 10.0 Å². The topological polar surface area (TPSA) is 89.3 Å². The molecule has 0 saturated carbocycles. The summed E-state index contributed by atoms with van der Waals surface area (Å²) in [4.78, 5) is 11.6. The second-order valence-corrected chi connectivity index (χ2v) is 6.58. The SMILES string of the molecule is CCCCCC(=O)Nc1ccc(S(N)(=O)=O)c(Br)c1. The zero-order valence-corrected chi connectivity index (χ0v) is 13.1. The van der Waals surface area contributed by atoms with Crippen LogP contribution in [0.2, 0.25) is 0 Å². The van der Waals surface area contributed by atoms with Gasteiger partial charge in [-0.25, -0.2) is 13.6 Å². The van der Waals surface area contributed by atoms with Gasteiger partial charge in [0.15, 0.2) is 0 Å². The van der Waals surface area contributed by atoms with Crippen LogP contribution >= 0.6 is 15.9 Å². The first-order chi connectivity index (χ1) is 8.84. The van der Waals surface area contributed by atoms with E-state index in [1.54, 1.807) is 0 Å². The van der Waals surface area contributed by atoms with Crippen molar-refractivity contribution in [2.75, 3.05) is 5.32 Å². The van der Waals surface area contributed by atoms with Crippen LogP contribution in [0.15, 0.2) is 27.6 Å². The maximum atomic E-state index is 11.6. The smallest absolute Gasteiger partial charge is 0.239 e. The fourth-order valence-corrected chi connectivity index (χ4v) is 3.21. The van der Waals surface area contributed by atoms with Crippen LogP contribution in [0.4, 0.5) is 5.69 Å². The number of halogens is 1. The number of hydrogen-bond acceptors (Lipinski definition) is 3. The van der Waals surface area contributed by atoms with Gasteiger partial charge in [-0.1, -0.05) is 19.8 Å². The Morgan fingerprint density at radius 2 is 2.05 bits per heavy atom. The standard InChI is InChI=1S/C12H17BrN2O3S/c1-2-3-4-5-12(16)15-9-6-7-11(10(13)8-9)19(14,17)18/h6-8H,2-5H2,1H3,(H,15,16)(H2,14,17,18). The molecule has 0 heterocycles. The molecule has 19 heavy (non-hydrogen) atoms. The Labute approximate surface area is 121 Å². The van der Waals surface area contributed by atoms with E-state index in [9.17, 15) is 13.2 Å². The third kappa shape index (κ3) is 5.30. The van der Waals surface area contributed by atoms with Crippen LogP contribution in [0.5, 0.6) is 0 Å². The zero-order chi connectivity index (χ0) is 14.5. The molecular formula is C12H17BrN2O3S. The number of sulfonamides is 1. The molecule has 0 unspecified atom stereocenters. The average Bonchev–Trinajstić information content (AvgIpc) is 2.27. The Morgan fingerprint density at radius 3 is 2.58 bits per heavy atom. The normalized spacial score (nSPS) is 11.3. The quantitative estimate of drug-likeness (QED) is 0.774. The van der Waals surface area contributed by atoms with Gasteiger partial charge in [0.05, 0.1) is 4.90 Å². The van der Waals surface area contributed by atoms with Crippen LogP contribution in [0, 0.1) is 0 Å². The van der Waals surface area contributed by atoms with E-state index in [4.69, 9.17) is 5.14 Å². The average molecular weight is 349 g/mol. The van der Waals surface area contributed by atoms with Crippen LogP contribution in [0.25, 0.3) is 0 Å². The number of carbonyl (C=O) groups is 1. The van der Waals surface area contributed by atoms with Crippen molar-refractivity contribution in [3.05, 3.63) is 22.7 Å². The number of amides is 1. The molecule has 0 aromatic heterocycles. The van der Waals surface area contributed by atoms with Gasteiger partial charge in [-0.15, -0.1) is 0 Å². The Kier molecular flexibility index (Phi) is 5.96. The number of hydrogen-bond donors (Lipinski definition) is 2. The molecule has 0 radical (unpaired) electrons. The second kappa shape index (κ2) is 7.02. The lowest BCUT2D eigenvalue weighted by Gasteiger charge is -2.07. The third-order valence-electron chi connectivity index (χ3n) is 2.53. The van der Waals surface area contributed by atoms with Crippen molar-refractivity contribution in [1.29, 1.82) is 0 Å². The van der Waals surface area contributed by atoms with E-state index in [0.717, 1.165) is 19.3 Å². The highest BCUT2D eigenvalue weighted by Gasteiger charge is 2.13. The van der Waals surface area contributed by atoms with Crippen LogP contribution in [-0.2, 0) is 14.8 Å². The largest absolute Gasteiger partial charge is 0.326 e. The number of benzene rings is 1. The molecule has 1 rings (SSSR count). The minimum atomic E-state index is -3.76.